The maximum absolute atomic E-state index is 11.5. The van der Waals surface area contributed by atoms with E-state index in [0.29, 0.717) is 11.1 Å². The van der Waals surface area contributed by atoms with E-state index in [1.54, 1.807) is 24.3 Å². The molecule has 0 amide bonds. The predicted molar refractivity (Wildman–Crippen MR) is 117 cm³/mol. The number of hydrogen-bond donors (Lipinski definition) is 0. The Bertz CT molecular complexity index is 886. The molecule has 0 aliphatic carbocycles. The lowest BCUT2D eigenvalue weighted by atomic mass is 9.78. The van der Waals surface area contributed by atoms with E-state index in [2.05, 4.69) is 13.2 Å². The van der Waals surface area contributed by atoms with E-state index in [4.69, 9.17) is 55.9 Å². The molecule has 0 aromatic heterocycles. The Morgan fingerprint density at radius 3 is 1.28 bits per heavy atom. The largest absolute Gasteiger partial charge is 0.420 e. The summed E-state index contributed by atoms with van der Waals surface area (Å²) in [5.41, 5.74) is 0.783. The number of ether oxygens (including phenoxy) is 2. The van der Waals surface area contributed by atoms with Crippen LogP contribution in [0.5, 0.6) is 11.5 Å². The Kier molecular flexibility index (Phi) is 7.41. The Labute approximate surface area is 188 Å². The maximum Gasteiger partial charge on any atom is 0.335 e. The molecule has 0 saturated carbocycles. The van der Waals surface area contributed by atoms with Gasteiger partial charge in [0.25, 0.3) is 0 Å². The topological polar surface area (TPSA) is 52.6 Å². The van der Waals surface area contributed by atoms with Crippen molar-refractivity contribution in [3.05, 3.63) is 80.8 Å². The van der Waals surface area contributed by atoms with Crippen LogP contribution in [0.4, 0.5) is 0 Å². The molecule has 0 aliphatic heterocycles. The predicted octanol–water partition coefficient (Wildman–Crippen LogP) is 6.81. The molecule has 2 rings (SSSR count). The average molecular weight is 474 g/mol. The minimum atomic E-state index is -0.677. The van der Waals surface area contributed by atoms with Crippen LogP contribution in [0.2, 0.25) is 20.1 Å². The number of hydrogen-bond acceptors (Lipinski definition) is 4. The third kappa shape index (κ3) is 5.14. The highest BCUT2D eigenvalue weighted by Crippen LogP contribution is 2.43. The van der Waals surface area contributed by atoms with Crippen molar-refractivity contribution in [2.45, 2.75) is 19.3 Å². The highest BCUT2D eigenvalue weighted by Gasteiger charge is 2.28. The zero-order chi connectivity index (χ0) is 21.9. The molecule has 0 radical (unpaired) electrons. The first kappa shape index (κ1) is 23.3. The molecule has 8 heteroatoms. The van der Waals surface area contributed by atoms with E-state index in [9.17, 15) is 9.59 Å². The van der Waals surface area contributed by atoms with Crippen molar-refractivity contribution in [3.8, 4) is 11.5 Å². The van der Waals surface area contributed by atoms with Crippen LogP contribution in [0.1, 0.15) is 25.0 Å². The molecule has 0 aliphatic rings. The molecule has 0 atom stereocenters. The zero-order valence-electron chi connectivity index (χ0n) is 15.5. The lowest BCUT2D eigenvalue weighted by Gasteiger charge is -2.28. The molecule has 2 aromatic carbocycles. The third-order valence-corrected chi connectivity index (χ3v) is 5.30. The van der Waals surface area contributed by atoms with Crippen molar-refractivity contribution in [2.24, 2.45) is 0 Å². The zero-order valence-corrected chi connectivity index (χ0v) is 18.5. The van der Waals surface area contributed by atoms with Gasteiger partial charge in [0.2, 0.25) is 0 Å². The van der Waals surface area contributed by atoms with E-state index < -0.39 is 17.4 Å². The van der Waals surface area contributed by atoms with Crippen LogP contribution in [0.25, 0.3) is 0 Å². The van der Waals surface area contributed by atoms with Crippen LogP contribution in [0.3, 0.4) is 0 Å². The normalized spacial score (nSPS) is 11.0. The summed E-state index contributed by atoms with van der Waals surface area (Å²) >= 11 is 25.1. The molecule has 0 saturated heterocycles. The van der Waals surface area contributed by atoms with Gasteiger partial charge in [0, 0.05) is 17.6 Å². The second-order valence-corrected chi connectivity index (χ2v) is 8.04. The van der Waals surface area contributed by atoms with Crippen molar-refractivity contribution in [2.75, 3.05) is 0 Å². The number of carbonyl (C=O) groups is 2. The van der Waals surface area contributed by atoms with Gasteiger partial charge in [-0.2, -0.15) is 0 Å². The molecule has 152 valence electrons. The van der Waals surface area contributed by atoms with Crippen LogP contribution < -0.4 is 9.47 Å². The minimum absolute atomic E-state index is 0.0422. The van der Waals surface area contributed by atoms with Crippen molar-refractivity contribution in [3.63, 3.8) is 0 Å². The quantitative estimate of drug-likeness (QED) is 0.262. The molecular weight excluding hydrogens is 458 g/mol. The van der Waals surface area contributed by atoms with Gasteiger partial charge in [0.05, 0.1) is 20.1 Å². The van der Waals surface area contributed by atoms with E-state index in [1.165, 1.54) is 0 Å². The summed E-state index contributed by atoms with van der Waals surface area (Å²) in [7, 11) is 0. The summed E-state index contributed by atoms with van der Waals surface area (Å²) in [5.74, 6) is -1.27. The molecule has 0 N–H and O–H groups in total. The minimum Gasteiger partial charge on any atom is -0.420 e. The highest BCUT2D eigenvalue weighted by molar-refractivity contribution is 6.38. The van der Waals surface area contributed by atoms with Crippen molar-refractivity contribution < 1.29 is 19.1 Å². The summed E-state index contributed by atoms with van der Waals surface area (Å²) in [5, 5.41) is 0.628. The van der Waals surface area contributed by atoms with Gasteiger partial charge in [-0.25, -0.2) is 9.59 Å². The molecule has 0 spiro atoms. The molecule has 0 bridgehead atoms. The number of esters is 2. The Balaban J connectivity index is 2.50. The Morgan fingerprint density at radius 2 is 1.03 bits per heavy atom. The standard InChI is InChI=1S/C21H16Cl4O4/c1-5-17(26)28-19-13(22)7-11(8-14(19)23)21(3,4)12-9-15(24)20(16(25)10-12)29-18(27)6-2/h5-10H,1-2H2,3-4H3. The van der Waals surface area contributed by atoms with Gasteiger partial charge in [-0.05, 0) is 35.4 Å². The van der Waals surface area contributed by atoms with Gasteiger partial charge in [-0.3, -0.25) is 0 Å². The van der Waals surface area contributed by atoms with Crippen LogP contribution in [-0.2, 0) is 15.0 Å². The van der Waals surface area contributed by atoms with Crippen LogP contribution in [0, 0.1) is 0 Å². The highest BCUT2D eigenvalue weighted by atomic mass is 35.5. The molecular formula is C21H16Cl4O4. The van der Waals surface area contributed by atoms with Gasteiger partial charge in [-0.15, -0.1) is 0 Å². The van der Waals surface area contributed by atoms with Crippen molar-refractivity contribution in [1.82, 2.24) is 0 Å². The first-order valence-electron chi connectivity index (χ1n) is 8.18. The Hall–Kier alpha value is -1.98. The van der Waals surface area contributed by atoms with Gasteiger partial charge in [-0.1, -0.05) is 73.4 Å². The van der Waals surface area contributed by atoms with Gasteiger partial charge in [0.15, 0.2) is 11.5 Å². The van der Waals surface area contributed by atoms with Crippen LogP contribution in [-0.4, -0.2) is 11.9 Å². The molecule has 2 aromatic rings. The number of benzene rings is 2. The molecule has 4 nitrogen and oxygen atoms in total. The van der Waals surface area contributed by atoms with Crippen molar-refractivity contribution >= 4 is 58.3 Å². The monoisotopic (exact) mass is 472 g/mol. The molecule has 0 unspecified atom stereocenters. The maximum atomic E-state index is 11.5. The van der Waals surface area contributed by atoms with Gasteiger partial charge >= 0.3 is 11.9 Å². The fourth-order valence-corrected chi connectivity index (χ4v) is 3.62. The fraction of sp³-hybridized carbons (Fsp3) is 0.143. The lowest BCUT2D eigenvalue weighted by molar-refractivity contribution is -0.129. The van der Waals surface area contributed by atoms with Gasteiger partial charge < -0.3 is 9.47 Å². The third-order valence-electron chi connectivity index (χ3n) is 4.18. The summed E-state index contributed by atoms with van der Waals surface area (Å²) in [6.45, 7) is 10.5. The first-order valence-corrected chi connectivity index (χ1v) is 9.70. The summed E-state index contributed by atoms with van der Waals surface area (Å²) in [4.78, 5) is 22.9. The van der Waals surface area contributed by atoms with Crippen molar-refractivity contribution in [1.29, 1.82) is 0 Å². The van der Waals surface area contributed by atoms with Gasteiger partial charge in [0.1, 0.15) is 0 Å². The molecule has 0 fully saturated rings. The fourth-order valence-electron chi connectivity index (χ4n) is 2.49. The number of rotatable bonds is 6. The van der Waals surface area contributed by atoms with E-state index in [1.807, 2.05) is 13.8 Å². The molecule has 29 heavy (non-hydrogen) atoms. The van der Waals surface area contributed by atoms with Crippen LogP contribution >= 0.6 is 46.4 Å². The summed E-state index contributed by atoms with van der Waals surface area (Å²) in [6.07, 6.45) is 2.02. The Morgan fingerprint density at radius 1 is 0.759 bits per heavy atom. The van der Waals surface area contributed by atoms with E-state index >= 15 is 0 Å². The second-order valence-electron chi connectivity index (χ2n) is 6.41. The number of halogens is 4. The second kappa shape index (κ2) is 9.23. The summed E-state index contributed by atoms with van der Waals surface area (Å²) in [6, 6.07) is 6.53. The first-order chi connectivity index (χ1) is 13.5. The summed E-state index contributed by atoms with van der Waals surface area (Å²) < 4.78 is 10.2. The molecule has 0 heterocycles. The number of carbonyl (C=O) groups excluding carboxylic acids is 2. The average Bonchev–Trinajstić information content (AvgIpc) is 2.66. The lowest BCUT2D eigenvalue weighted by Crippen LogP contribution is -2.19. The SMILES string of the molecule is C=CC(=O)Oc1c(Cl)cc(C(C)(C)c2cc(Cl)c(OC(=O)C=C)c(Cl)c2)cc1Cl. The van der Waals surface area contributed by atoms with E-state index in [0.717, 1.165) is 12.2 Å². The smallest absolute Gasteiger partial charge is 0.335 e. The van der Waals surface area contributed by atoms with E-state index in [-0.39, 0.29) is 31.6 Å². The van der Waals surface area contributed by atoms with Crippen LogP contribution in [0.15, 0.2) is 49.6 Å².